The molecule has 10 nitrogen and oxygen atoms in total. The fourth-order valence-corrected chi connectivity index (χ4v) is 4.44. The van der Waals surface area contributed by atoms with Gasteiger partial charge in [-0.1, -0.05) is 26.8 Å². The summed E-state index contributed by atoms with van der Waals surface area (Å²) in [6.07, 6.45) is 5.05. The molecule has 0 aliphatic carbocycles. The Balaban J connectivity index is 1.21. The van der Waals surface area contributed by atoms with E-state index in [2.05, 4.69) is 55.8 Å². The number of morpholine rings is 1. The van der Waals surface area contributed by atoms with Crippen molar-refractivity contribution in [1.82, 2.24) is 30.2 Å². The summed E-state index contributed by atoms with van der Waals surface area (Å²) in [5.41, 5.74) is 3.12. The second kappa shape index (κ2) is 9.17. The van der Waals surface area contributed by atoms with Crippen molar-refractivity contribution in [2.75, 3.05) is 49.2 Å². The number of hydrogen-bond acceptors (Lipinski definition) is 8. The number of H-pyrrole nitrogens is 1. The average Bonchev–Trinajstić information content (AvgIpc) is 3.29. The molecule has 2 N–H and O–H groups in total. The molecule has 5 heterocycles. The highest BCUT2D eigenvalue weighted by molar-refractivity contribution is 5.92. The molecule has 3 aromatic heterocycles. The van der Waals surface area contributed by atoms with Gasteiger partial charge in [-0.05, 0) is 29.9 Å². The van der Waals surface area contributed by atoms with E-state index in [1.807, 2.05) is 12.1 Å². The Morgan fingerprint density at radius 1 is 1.06 bits per heavy atom. The lowest BCUT2D eigenvalue weighted by Crippen LogP contribution is -2.45. The number of amides is 1. The largest absolute Gasteiger partial charge is 0.378 e. The topological polar surface area (TPSA) is 112 Å². The van der Waals surface area contributed by atoms with Crippen LogP contribution in [0.5, 0.6) is 0 Å². The van der Waals surface area contributed by atoms with Crippen molar-refractivity contribution in [2.24, 2.45) is 0 Å². The molecule has 3 aromatic rings. The number of aromatic amines is 1. The summed E-state index contributed by atoms with van der Waals surface area (Å²) >= 11 is 0. The Hall–Kier alpha value is -3.27. The third-order valence-corrected chi connectivity index (χ3v) is 6.56. The number of hydrogen-bond donors (Lipinski definition) is 2. The molecule has 0 spiro atoms. The summed E-state index contributed by atoms with van der Waals surface area (Å²) in [4.78, 5) is 38.5. The van der Waals surface area contributed by atoms with Crippen LogP contribution in [0.3, 0.4) is 0 Å². The van der Waals surface area contributed by atoms with Crippen LogP contribution in [0.25, 0.3) is 11.2 Å². The molecule has 0 saturated carbocycles. The van der Waals surface area contributed by atoms with Gasteiger partial charge >= 0.3 is 0 Å². The van der Waals surface area contributed by atoms with Crippen LogP contribution in [0.2, 0.25) is 0 Å². The summed E-state index contributed by atoms with van der Waals surface area (Å²) in [6.45, 7) is 11.0. The van der Waals surface area contributed by atoms with E-state index >= 15 is 0 Å². The van der Waals surface area contributed by atoms with E-state index in [9.17, 15) is 4.79 Å². The lowest BCUT2D eigenvalue weighted by atomic mass is 9.88. The lowest BCUT2D eigenvalue weighted by molar-refractivity contribution is 0.0926. The van der Waals surface area contributed by atoms with Gasteiger partial charge < -0.3 is 24.8 Å². The van der Waals surface area contributed by atoms with Gasteiger partial charge in [-0.2, -0.15) is 4.98 Å². The molecule has 2 saturated heterocycles. The number of aromatic nitrogens is 5. The maximum absolute atomic E-state index is 12.7. The van der Waals surface area contributed by atoms with Gasteiger partial charge in [0.15, 0.2) is 11.5 Å². The minimum Gasteiger partial charge on any atom is -0.378 e. The first-order chi connectivity index (χ1) is 16.4. The highest BCUT2D eigenvalue weighted by Gasteiger charge is 2.25. The fraction of sp³-hybridized carbons (Fsp3) is 0.542. The number of rotatable bonds is 4. The minimum atomic E-state index is -0.118. The van der Waals surface area contributed by atoms with Crippen LogP contribution in [0.4, 0.5) is 11.8 Å². The van der Waals surface area contributed by atoms with Crippen molar-refractivity contribution < 1.29 is 9.53 Å². The van der Waals surface area contributed by atoms with Crippen LogP contribution in [-0.2, 0) is 10.2 Å². The normalized spacial score (nSPS) is 17.9. The average molecular weight is 465 g/mol. The molecular formula is C24H32N8O2. The first-order valence-corrected chi connectivity index (χ1v) is 11.9. The van der Waals surface area contributed by atoms with Crippen LogP contribution in [-0.4, -0.2) is 76.3 Å². The number of pyridine rings is 1. The van der Waals surface area contributed by atoms with Crippen molar-refractivity contribution in [3.05, 3.63) is 35.9 Å². The Bertz CT molecular complexity index is 1140. The van der Waals surface area contributed by atoms with E-state index in [-0.39, 0.29) is 17.4 Å². The number of fused-ring (bicyclic) bond motifs is 1. The maximum Gasteiger partial charge on any atom is 0.270 e. The van der Waals surface area contributed by atoms with Crippen molar-refractivity contribution >= 4 is 28.8 Å². The standard InChI is InChI=1S/C24H32N8O2/c1-24(2,3)16-4-5-18(25-14-16)22(33)28-17-6-8-32(9-7-17)23-29-19-20(30-23)26-15-27-21(19)31-10-12-34-13-11-31/h4-5,14-15,17H,6-13H2,1-3H3,(H,28,33)(H,26,27,29,30). The molecule has 5 rings (SSSR count). The second-order valence-corrected chi connectivity index (χ2v) is 9.97. The lowest BCUT2D eigenvalue weighted by Gasteiger charge is -2.32. The van der Waals surface area contributed by atoms with E-state index in [0.717, 1.165) is 61.9 Å². The molecule has 34 heavy (non-hydrogen) atoms. The number of imidazole rings is 1. The molecule has 2 fully saturated rings. The third kappa shape index (κ3) is 4.68. The fourth-order valence-electron chi connectivity index (χ4n) is 4.44. The highest BCUT2D eigenvalue weighted by atomic mass is 16.5. The van der Waals surface area contributed by atoms with Gasteiger partial charge in [-0.15, -0.1) is 0 Å². The van der Waals surface area contributed by atoms with Crippen LogP contribution in [0.1, 0.15) is 49.7 Å². The summed E-state index contributed by atoms with van der Waals surface area (Å²) in [6, 6.07) is 3.91. The number of piperidine rings is 1. The molecule has 10 heteroatoms. The zero-order chi connectivity index (χ0) is 23.7. The number of nitrogens with one attached hydrogen (secondary N) is 2. The van der Waals surface area contributed by atoms with Crippen molar-refractivity contribution in [3.63, 3.8) is 0 Å². The Kier molecular flexibility index (Phi) is 6.07. The maximum atomic E-state index is 12.7. The molecule has 2 aliphatic rings. The van der Waals surface area contributed by atoms with Gasteiger partial charge in [0, 0.05) is 38.4 Å². The summed E-state index contributed by atoms with van der Waals surface area (Å²) in [5, 5.41) is 3.14. The van der Waals surface area contributed by atoms with Gasteiger partial charge in [0.1, 0.15) is 17.5 Å². The zero-order valence-electron chi connectivity index (χ0n) is 20.0. The van der Waals surface area contributed by atoms with Crippen molar-refractivity contribution in [1.29, 1.82) is 0 Å². The quantitative estimate of drug-likeness (QED) is 0.605. The Labute approximate surface area is 199 Å². The van der Waals surface area contributed by atoms with Crippen LogP contribution < -0.4 is 15.1 Å². The summed E-state index contributed by atoms with van der Waals surface area (Å²) in [7, 11) is 0. The molecular weight excluding hydrogens is 432 g/mol. The minimum absolute atomic E-state index is 0.0139. The molecule has 0 aromatic carbocycles. The third-order valence-electron chi connectivity index (χ3n) is 6.56. The first-order valence-electron chi connectivity index (χ1n) is 11.9. The smallest absolute Gasteiger partial charge is 0.270 e. The van der Waals surface area contributed by atoms with Crippen molar-refractivity contribution in [2.45, 2.75) is 45.1 Å². The predicted molar refractivity (Wildman–Crippen MR) is 130 cm³/mol. The van der Waals surface area contributed by atoms with Crippen LogP contribution in [0.15, 0.2) is 24.7 Å². The number of carbonyl (C=O) groups is 1. The van der Waals surface area contributed by atoms with E-state index in [1.54, 1.807) is 12.5 Å². The first kappa shape index (κ1) is 22.5. The van der Waals surface area contributed by atoms with E-state index in [1.165, 1.54) is 0 Å². The number of carbonyl (C=O) groups excluding carboxylic acids is 1. The molecule has 0 bridgehead atoms. The van der Waals surface area contributed by atoms with Gasteiger partial charge in [0.2, 0.25) is 5.95 Å². The SMILES string of the molecule is CC(C)(C)c1ccc(C(=O)NC2CCN(c3nc4ncnc(N5CCOCC5)c4[nH]3)CC2)nc1. The van der Waals surface area contributed by atoms with Gasteiger partial charge in [0.05, 0.1) is 13.2 Å². The van der Waals surface area contributed by atoms with Crippen LogP contribution in [0, 0.1) is 0 Å². The Morgan fingerprint density at radius 3 is 2.50 bits per heavy atom. The van der Waals surface area contributed by atoms with E-state index in [0.29, 0.717) is 24.6 Å². The molecule has 2 aliphatic heterocycles. The predicted octanol–water partition coefficient (Wildman–Crippen LogP) is 2.28. The number of anilines is 2. The molecule has 0 unspecified atom stereocenters. The zero-order valence-corrected chi connectivity index (χ0v) is 20.0. The van der Waals surface area contributed by atoms with Gasteiger partial charge in [-0.25, -0.2) is 9.97 Å². The molecule has 180 valence electrons. The summed E-state index contributed by atoms with van der Waals surface area (Å²) in [5.74, 6) is 1.56. The van der Waals surface area contributed by atoms with Gasteiger partial charge in [-0.3, -0.25) is 9.78 Å². The number of nitrogens with zero attached hydrogens (tertiary/aromatic N) is 6. The molecule has 1 amide bonds. The van der Waals surface area contributed by atoms with E-state index in [4.69, 9.17) is 9.72 Å². The Morgan fingerprint density at radius 2 is 1.82 bits per heavy atom. The van der Waals surface area contributed by atoms with E-state index < -0.39 is 0 Å². The van der Waals surface area contributed by atoms with Gasteiger partial charge in [0.25, 0.3) is 5.91 Å². The number of ether oxygens (including phenoxy) is 1. The second-order valence-electron chi connectivity index (χ2n) is 9.97. The molecule has 0 atom stereocenters. The summed E-state index contributed by atoms with van der Waals surface area (Å²) < 4.78 is 5.46. The highest BCUT2D eigenvalue weighted by Crippen LogP contribution is 2.26. The monoisotopic (exact) mass is 464 g/mol. The van der Waals surface area contributed by atoms with Crippen molar-refractivity contribution in [3.8, 4) is 0 Å². The van der Waals surface area contributed by atoms with Crippen LogP contribution >= 0.6 is 0 Å². The molecule has 0 radical (unpaired) electrons.